The monoisotopic (exact) mass is 434 g/mol. The number of furan rings is 1. The van der Waals surface area contributed by atoms with Crippen LogP contribution in [0.5, 0.6) is 0 Å². The molecular formula is C30H30N2O. The molecule has 3 aromatic carbocycles. The van der Waals surface area contributed by atoms with Gasteiger partial charge in [-0.2, -0.15) is 0 Å². The topological polar surface area (TPSA) is 38.9 Å². The van der Waals surface area contributed by atoms with Crippen molar-refractivity contribution in [1.82, 2.24) is 9.97 Å². The molecule has 166 valence electrons. The van der Waals surface area contributed by atoms with E-state index in [1.54, 1.807) is 6.33 Å². The van der Waals surface area contributed by atoms with Crippen LogP contribution in [0.15, 0.2) is 77.5 Å². The predicted molar refractivity (Wildman–Crippen MR) is 137 cm³/mol. The van der Waals surface area contributed by atoms with E-state index in [9.17, 15) is 0 Å². The lowest BCUT2D eigenvalue weighted by Crippen LogP contribution is -2.12. The van der Waals surface area contributed by atoms with Gasteiger partial charge in [0.2, 0.25) is 0 Å². The highest BCUT2D eigenvalue weighted by molar-refractivity contribution is 5.91. The molecule has 0 aliphatic carbocycles. The Balaban J connectivity index is 1.58. The highest BCUT2D eigenvalue weighted by Gasteiger charge is 2.19. The van der Waals surface area contributed by atoms with Crippen molar-refractivity contribution in [3.8, 4) is 22.7 Å². The summed E-state index contributed by atoms with van der Waals surface area (Å²) in [5.74, 6) is 1.39. The van der Waals surface area contributed by atoms with Gasteiger partial charge in [-0.1, -0.05) is 65.0 Å². The summed E-state index contributed by atoms with van der Waals surface area (Å²) in [7, 11) is 0. The number of rotatable bonds is 4. The summed E-state index contributed by atoms with van der Waals surface area (Å²) >= 11 is 0. The summed E-state index contributed by atoms with van der Waals surface area (Å²) in [6.07, 6.45) is 2.69. The first-order valence-corrected chi connectivity index (χ1v) is 11.7. The van der Waals surface area contributed by atoms with Crippen molar-refractivity contribution in [2.75, 3.05) is 0 Å². The smallest absolute Gasteiger partial charge is 0.153 e. The van der Waals surface area contributed by atoms with Crippen LogP contribution < -0.4 is 0 Å². The first-order valence-electron chi connectivity index (χ1n) is 11.7. The SMILES string of the molecule is CC(C)Cc1ccc2oc(-c3cc(-c4cc(C(C)(C)C)c5ccccc5c4)ncn3)cc2c1. The summed E-state index contributed by atoms with van der Waals surface area (Å²) < 4.78 is 6.16. The van der Waals surface area contributed by atoms with Crippen molar-refractivity contribution in [3.05, 3.63) is 84.2 Å². The number of hydrogen-bond donors (Lipinski definition) is 0. The molecule has 5 rings (SSSR count). The largest absolute Gasteiger partial charge is 0.454 e. The molecule has 0 saturated carbocycles. The first-order chi connectivity index (χ1) is 15.8. The van der Waals surface area contributed by atoms with Crippen LogP contribution in [-0.4, -0.2) is 9.97 Å². The minimum Gasteiger partial charge on any atom is -0.454 e. The number of benzene rings is 3. The number of aromatic nitrogens is 2. The molecule has 0 atom stereocenters. The average molecular weight is 435 g/mol. The summed E-state index contributed by atoms with van der Waals surface area (Å²) in [5.41, 5.74) is 6.36. The predicted octanol–water partition coefficient (Wildman–Crippen LogP) is 8.21. The van der Waals surface area contributed by atoms with Gasteiger partial charge < -0.3 is 4.42 Å². The quantitative estimate of drug-likeness (QED) is 0.286. The molecule has 33 heavy (non-hydrogen) atoms. The summed E-state index contributed by atoms with van der Waals surface area (Å²) in [5, 5.41) is 3.63. The molecule has 0 saturated heterocycles. The molecule has 3 heteroatoms. The van der Waals surface area contributed by atoms with Gasteiger partial charge in [-0.3, -0.25) is 0 Å². The lowest BCUT2D eigenvalue weighted by Gasteiger charge is -2.22. The van der Waals surface area contributed by atoms with Crippen LogP contribution in [-0.2, 0) is 11.8 Å². The zero-order valence-corrected chi connectivity index (χ0v) is 20.0. The van der Waals surface area contributed by atoms with E-state index in [-0.39, 0.29) is 5.41 Å². The van der Waals surface area contributed by atoms with Gasteiger partial charge in [-0.05, 0) is 76.1 Å². The van der Waals surface area contributed by atoms with Gasteiger partial charge in [0.05, 0.1) is 5.69 Å². The maximum Gasteiger partial charge on any atom is 0.153 e. The van der Waals surface area contributed by atoms with E-state index in [1.807, 2.05) is 6.07 Å². The Kier molecular flexibility index (Phi) is 5.28. The molecule has 2 aromatic heterocycles. The van der Waals surface area contributed by atoms with Gasteiger partial charge in [0.25, 0.3) is 0 Å². The van der Waals surface area contributed by atoms with Crippen molar-refractivity contribution >= 4 is 21.7 Å². The molecule has 0 spiro atoms. The maximum absolute atomic E-state index is 6.16. The van der Waals surface area contributed by atoms with E-state index < -0.39 is 0 Å². The second kappa shape index (κ2) is 8.15. The fraction of sp³-hybridized carbons (Fsp3) is 0.267. The molecule has 0 N–H and O–H groups in total. The minimum atomic E-state index is 0.0257. The number of nitrogens with zero attached hydrogens (tertiary/aromatic N) is 2. The highest BCUT2D eigenvalue weighted by atomic mass is 16.3. The zero-order chi connectivity index (χ0) is 23.2. The van der Waals surface area contributed by atoms with Crippen LogP contribution in [0, 0.1) is 5.92 Å². The molecule has 0 aliphatic heterocycles. The Bertz CT molecular complexity index is 1450. The van der Waals surface area contributed by atoms with Gasteiger partial charge in [0, 0.05) is 10.9 Å². The van der Waals surface area contributed by atoms with Crippen molar-refractivity contribution < 1.29 is 4.42 Å². The average Bonchev–Trinajstić information content (AvgIpc) is 3.21. The van der Waals surface area contributed by atoms with Gasteiger partial charge in [-0.25, -0.2) is 9.97 Å². The number of fused-ring (bicyclic) bond motifs is 2. The molecule has 0 bridgehead atoms. The van der Waals surface area contributed by atoms with E-state index in [1.165, 1.54) is 21.9 Å². The second-order valence-corrected chi connectivity index (χ2v) is 10.4. The highest BCUT2D eigenvalue weighted by Crippen LogP contribution is 2.35. The molecule has 5 aromatic rings. The molecule has 0 radical (unpaired) electrons. The van der Waals surface area contributed by atoms with E-state index in [0.717, 1.165) is 40.1 Å². The van der Waals surface area contributed by atoms with Crippen molar-refractivity contribution in [1.29, 1.82) is 0 Å². The van der Waals surface area contributed by atoms with Crippen LogP contribution in [0.3, 0.4) is 0 Å². The van der Waals surface area contributed by atoms with Gasteiger partial charge in [0.15, 0.2) is 5.76 Å². The van der Waals surface area contributed by atoms with Gasteiger partial charge in [0.1, 0.15) is 17.6 Å². The molecule has 0 amide bonds. The summed E-state index contributed by atoms with van der Waals surface area (Å²) in [4.78, 5) is 9.14. The van der Waals surface area contributed by atoms with Gasteiger partial charge in [-0.15, -0.1) is 0 Å². The first kappa shape index (κ1) is 21.4. The Labute approximate surface area is 195 Å². The minimum absolute atomic E-state index is 0.0257. The molecular weight excluding hydrogens is 404 g/mol. The van der Waals surface area contributed by atoms with Crippen molar-refractivity contribution in [3.63, 3.8) is 0 Å². The molecule has 0 fully saturated rings. The standard InChI is InChI=1S/C30H30N2O/c1-19(2)12-20-10-11-28-23(13-20)16-29(33-28)27-17-26(31-18-32-27)22-14-21-8-6-7-9-24(21)25(15-22)30(3,4)5/h6-11,13-19H,12H2,1-5H3. The van der Waals surface area contributed by atoms with Crippen LogP contribution >= 0.6 is 0 Å². The van der Waals surface area contributed by atoms with Crippen LogP contribution in [0.2, 0.25) is 0 Å². The Morgan fingerprint density at radius 1 is 0.818 bits per heavy atom. The lowest BCUT2D eigenvalue weighted by molar-refractivity contribution is 0.596. The lowest BCUT2D eigenvalue weighted by atomic mass is 9.82. The molecule has 0 unspecified atom stereocenters. The Hall–Kier alpha value is -3.46. The Morgan fingerprint density at radius 2 is 1.61 bits per heavy atom. The van der Waals surface area contributed by atoms with Crippen LogP contribution in [0.25, 0.3) is 44.5 Å². The normalized spacial score (nSPS) is 12.2. The summed E-state index contributed by atoms with van der Waals surface area (Å²) in [6.45, 7) is 11.3. The van der Waals surface area contributed by atoms with E-state index in [2.05, 4.69) is 105 Å². The van der Waals surface area contributed by atoms with Crippen molar-refractivity contribution in [2.45, 2.75) is 46.5 Å². The summed E-state index contributed by atoms with van der Waals surface area (Å²) in [6, 6.07) is 23.6. The fourth-order valence-corrected chi connectivity index (χ4v) is 4.55. The zero-order valence-electron chi connectivity index (χ0n) is 20.0. The van der Waals surface area contributed by atoms with Crippen LogP contribution in [0.1, 0.15) is 45.7 Å². The molecule has 0 aliphatic rings. The number of hydrogen-bond acceptors (Lipinski definition) is 3. The molecule has 2 heterocycles. The third kappa shape index (κ3) is 4.28. The fourth-order valence-electron chi connectivity index (χ4n) is 4.55. The Morgan fingerprint density at radius 3 is 2.39 bits per heavy atom. The third-order valence-corrected chi connectivity index (χ3v) is 6.11. The molecule has 3 nitrogen and oxygen atoms in total. The van der Waals surface area contributed by atoms with Crippen LogP contribution in [0.4, 0.5) is 0 Å². The maximum atomic E-state index is 6.16. The van der Waals surface area contributed by atoms with E-state index >= 15 is 0 Å². The van der Waals surface area contributed by atoms with E-state index in [0.29, 0.717) is 5.92 Å². The van der Waals surface area contributed by atoms with Crippen molar-refractivity contribution in [2.24, 2.45) is 5.92 Å². The van der Waals surface area contributed by atoms with Gasteiger partial charge >= 0.3 is 0 Å². The second-order valence-electron chi connectivity index (χ2n) is 10.4. The van der Waals surface area contributed by atoms with E-state index in [4.69, 9.17) is 4.42 Å². The third-order valence-electron chi connectivity index (χ3n) is 6.11.